The molecule has 0 aromatic heterocycles. The van der Waals surface area contributed by atoms with Crippen molar-refractivity contribution < 1.29 is 0 Å². The molecule has 11 heavy (non-hydrogen) atoms. The van der Waals surface area contributed by atoms with Gasteiger partial charge in [-0.15, -0.1) is 0 Å². The number of rotatable bonds is 0. The van der Waals surface area contributed by atoms with E-state index < -0.39 is 0 Å². The molecule has 64 valence electrons. The first-order chi connectivity index (χ1) is 5.03. The van der Waals surface area contributed by atoms with Crippen LogP contribution in [0.4, 0.5) is 0 Å². The highest BCUT2D eigenvalue weighted by molar-refractivity contribution is 5.09. The van der Waals surface area contributed by atoms with Crippen molar-refractivity contribution in [2.24, 2.45) is 5.41 Å². The molecule has 0 radical (unpaired) electrons. The van der Waals surface area contributed by atoms with Crippen LogP contribution in [0.5, 0.6) is 0 Å². The average molecular weight is 154 g/mol. The van der Waals surface area contributed by atoms with Crippen LogP contribution in [-0.4, -0.2) is 49.1 Å². The molecule has 2 fully saturated rings. The van der Waals surface area contributed by atoms with Gasteiger partial charge in [0.1, 0.15) is 0 Å². The Morgan fingerprint density at radius 3 is 1.55 bits per heavy atom. The fraction of sp³-hybridized carbons (Fsp3) is 1.00. The number of likely N-dealkylation sites (tertiary alicyclic amines) is 2. The van der Waals surface area contributed by atoms with Gasteiger partial charge in [0.25, 0.3) is 0 Å². The topological polar surface area (TPSA) is 6.48 Å². The maximum atomic E-state index is 2.50. The molecule has 0 aromatic rings. The van der Waals surface area contributed by atoms with Crippen LogP contribution < -0.4 is 0 Å². The van der Waals surface area contributed by atoms with Crippen LogP contribution in [0.2, 0.25) is 0 Å². The number of nitrogens with zero attached hydrogens (tertiary/aromatic N) is 2. The van der Waals surface area contributed by atoms with Crippen LogP contribution in [0, 0.1) is 5.41 Å². The highest BCUT2D eigenvalue weighted by Gasteiger charge is 2.53. The zero-order valence-corrected chi connectivity index (χ0v) is 7.96. The summed E-state index contributed by atoms with van der Waals surface area (Å²) in [6.45, 7) is 7.31. The lowest BCUT2D eigenvalue weighted by molar-refractivity contribution is 0.176. The Bertz CT molecular complexity index is 158. The highest BCUT2D eigenvalue weighted by atomic mass is 15.3. The van der Waals surface area contributed by atoms with E-state index in [1.165, 1.54) is 13.1 Å². The van der Waals surface area contributed by atoms with E-state index in [0.29, 0.717) is 5.41 Å². The second-order valence-corrected chi connectivity index (χ2v) is 4.73. The molecule has 2 heterocycles. The normalized spacial score (nSPS) is 43.6. The van der Waals surface area contributed by atoms with Gasteiger partial charge in [0.05, 0.1) is 0 Å². The maximum absolute atomic E-state index is 2.50. The van der Waals surface area contributed by atoms with Crippen LogP contribution in [0.1, 0.15) is 13.8 Å². The highest BCUT2D eigenvalue weighted by Crippen LogP contribution is 2.43. The van der Waals surface area contributed by atoms with Crippen molar-refractivity contribution in [1.29, 1.82) is 0 Å². The largest absolute Gasteiger partial charge is 0.300 e. The Morgan fingerprint density at radius 2 is 1.36 bits per heavy atom. The van der Waals surface area contributed by atoms with Crippen molar-refractivity contribution in [2.75, 3.05) is 27.2 Å². The monoisotopic (exact) mass is 154 g/mol. The fourth-order valence-electron chi connectivity index (χ4n) is 2.91. The van der Waals surface area contributed by atoms with E-state index in [1.54, 1.807) is 0 Å². The minimum Gasteiger partial charge on any atom is -0.300 e. The number of hydrogen-bond acceptors (Lipinski definition) is 2. The van der Waals surface area contributed by atoms with Crippen molar-refractivity contribution in [3.05, 3.63) is 0 Å². The third-order valence-electron chi connectivity index (χ3n) is 3.70. The molecule has 2 nitrogen and oxygen atoms in total. The molecule has 0 N–H and O–H groups in total. The summed E-state index contributed by atoms with van der Waals surface area (Å²) in [6, 6.07) is 1.58. The summed E-state index contributed by atoms with van der Waals surface area (Å²) in [5.74, 6) is 0. The summed E-state index contributed by atoms with van der Waals surface area (Å²) < 4.78 is 0. The van der Waals surface area contributed by atoms with E-state index in [0.717, 1.165) is 12.1 Å². The van der Waals surface area contributed by atoms with Gasteiger partial charge in [-0.05, 0) is 19.5 Å². The van der Waals surface area contributed by atoms with Crippen LogP contribution in [-0.2, 0) is 0 Å². The Hall–Kier alpha value is -0.0800. The molecule has 0 spiro atoms. The van der Waals surface area contributed by atoms with Crippen molar-refractivity contribution in [3.8, 4) is 0 Å². The van der Waals surface area contributed by atoms with Crippen LogP contribution >= 0.6 is 0 Å². The zero-order chi connectivity index (χ0) is 8.22. The first-order valence-corrected chi connectivity index (χ1v) is 4.44. The molecule has 2 atom stereocenters. The third-order valence-corrected chi connectivity index (χ3v) is 3.70. The predicted molar refractivity (Wildman–Crippen MR) is 46.6 cm³/mol. The van der Waals surface area contributed by atoms with Crippen molar-refractivity contribution in [2.45, 2.75) is 25.9 Å². The lowest BCUT2D eigenvalue weighted by Crippen LogP contribution is -2.42. The molecule has 2 heteroatoms. The van der Waals surface area contributed by atoms with E-state index in [9.17, 15) is 0 Å². The zero-order valence-electron chi connectivity index (χ0n) is 7.96. The average Bonchev–Trinajstić information content (AvgIpc) is 2.21. The van der Waals surface area contributed by atoms with Crippen LogP contribution in [0.15, 0.2) is 0 Å². The summed E-state index contributed by atoms with van der Waals surface area (Å²) in [5.41, 5.74) is 0.517. The Balaban J connectivity index is 2.28. The lowest BCUT2D eigenvalue weighted by Gasteiger charge is -2.28. The summed E-state index contributed by atoms with van der Waals surface area (Å²) in [6.07, 6.45) is 0. The molecule has 2 aliphatic heterocycles. The van der Waals surface area contributed by atoms with Crippen molar-refractivity contribution in [1.82, 2.24) is 9.80 Å². The molecule has 0 saturated carbocycles. The quantitative estimate of drug-likeness (QED) is 0.505. The number of hydrogen-bond donors (Lipinski definition) is 0. The second kappa shape index (κ2) is 1.99. The molecule has 0 aromatic carbocycles. The SMILES string of the molecule is CN1CC2N(C)CC1C2(C)C. The molecule has 2 saturated heterocycles. The van der Waals surface area contributed by atoms with Gasteiger partial charge in [-0.3, -0.25) is 9.80 Å². The van der Waals surface area contributed by atoms with Gasteiger partial charge in [-0.2, -0.15) is 0 Å². The van der Waals surface area contributed by atoms with Gasteiger partial charge < -0.3 is 0 Å². The van der Waals surface area contributed by atoms with Gasteiger partial charge in [0.15, 0.2) is 0 Å². The summed E-state index contributed by atoms with van der Waals surface area (Å²) in [7, 11) is 4.50. The summed E-state index contributed by atoms with van der Waals surface area (Å²) in [5, 5.41) is 0. The van der Waals surface area contributed by atoms with E-state index in [-0.39, 0.29) is 0 Å². The fourth-order valence-corrected chi connectivity index (χ4v) is 2.91. The molecule has 2 aliphatic rings. The molecule has 2 rings (SSSR count). The Morgan fingerprint density at radius 1 is 1.00 bits per heavy atom. The molecular weight excluding hydrogens is 136 g/mol. The number of fused-ring (bicyclic) bond motifs is 2. The minimum absolute atomic E-state index is 0.517. The van der Waals surface area contributed by atoms with Gasteiger partial charge in [0.2, 0.25) is 0 Å². The van der Waals surface area contributed by atoms with E-state index in [4.69, 9.17) is 0 Å². The Labute approximate surface area is 69.2 Å². The van der Waals surface area contributed by atoms with Gasteiger partial charge in [0, 0.05) is 25.2 Å². The van der Waals surface area contributed by atoms with Crippen LogP contribution in [0.25, 0.3) is 0 Å². The van der Waals surface area contributed by atoms with Crippen LogP contribution in [0.3, 0.4) is 0 Å². The van der Waals surface area contributed by atoms with E-state index >= 15 is 0 Å². The van der Waals surface area contributed by atoms with Gasteiger partial charge in [-0.25, -0.2) is 0 Å². The maximum Gasteiger partial charge on any atom is 0.0287 e. The number of likely N-dealkylation sites (N-methyl/N-ethyl adjacent to an activating group) is 2. The Kier molecular flexibility index (Phi) is 1.37. The second-order valence-electron chi connectivity index (χ2n) is 4.73. The smallest absolute Gasteiger partial charge is 0.0287 e. The molecule has 0 amide bonds. The minimum atomic E-state index is 0.517. The third kappa shape index (κ3) is 0.798. The van der Waals surface area contributed by atoms with Gasteiger partial charge >= 0.3 is 0 Å². The first-order valence-electron chi connectivity index (χ1n) is 4.44. The van der Waals surface area contributed by atoms with Crippen molar-refractivity contribution >= 4 is 0 Å². The van der Waals surface area contributed by atoms with E-state index in [1.807, 2.05) is 0 Å². The number of piperazine rings is 1. The van der Waals surface area contributed by atoms with E-state index in [2.05, 4.69) is 37.7 Å². The van der Waals surface area contributed by atoms with Gasteiger partial charge in [-0.1, -0.05) is 13.8 Å². The first kappa shape index (κ1) is 7.56. The molecule has 2 unspecified atom stereocenters. The standard InChI is InChI=1S/C9H18N2/c1-9(2)7-6-11(4)8(9)5-10(7)3/h7-8H,5-6H2,1-4H3. The molecule has 0 aliphatic carbocycles. The summed E-state index contributed by atoms with van der Waals surface area (Å²) >= 11 is 0. The predicted octanol–water partition coefficient (Wildman–Crippen LogP) is 0.641. The molecule has 2 bridgehead atoms. The van der Waals surface area contributed by atoms with Crippen molar-refractivity contribution in [3.63, 3.8) is 0 Å². The molecular formula is C9H18N2. The summed E-state index contributed by atoms with van der Waals surface area (Å²) in [4.78, 5) is 5.01. The lowest BCUT2D eigenvalue weighted by atomic mass is 9.85.